The number of nitrogens with two attached hydrogens (primary N) is 1. The van der Waals surface area contributed by atoms with Gasteiger partial charge in [0.15, 0.2) is 5.65 Å². The number of methoxy groups -OCH3 is 1. The summed E-state index contributed by atoms with van der Waals surface area (Å²) in [4.78, 5) is 0. The molecule has 0 aliphatic heterocycles. The molecule has 0 amide bonds. The van der Waals surface area contributed by atoms with E-state index in [-0.39, 0.29) is 0 Å². The van der Waals surface area contributed by atoms with Crippen molar-refractivity contribution < 1.29 is 4.74 Å². The molecule has 2 heterocycles. The average molecular weight is 271 g/mol. The van der Waals surface area contributed by atoms with Crippen LogP contribution < -0.4 is 5.73 Å². The summed E-state index contributed by atoms with van der Waals surface area (Å²) in [5, 5.41) is 12.5. The summed E-state index contributed by atoms with van der Waals surface area (Å²) in [7, 11) is 1.64. The number of aromatic amines is 1. The molecule has 20 heavy (non-hydrogen) atoms. The summed E-state index contributed by atoms with van der Waals surface area (Å²) in [6.07, 6.45) is 0. The molecule has 0 bridgehead atoms. The van der Waals surface area contributed by atoms with Crippen molar-refractivity contribution in [3.05, 3.63) is 35.0 Å². The number of H-pyrrole nitrogens is 1. The topological polar surface area (TPSA) is 81.8 Å². The second-order valence-corrected chi connectivity index (χ2v) is 4.92. The lowest BCUT2D eigenvalue weighted by Gasteiger charge is -2.07. The molecule has 0 radical (unpaired) electrons. The second kappa shape index (κ2) is 4.64. The number of nitrogen functional groups attached to an aromatic ring is 1. The van der Waals surface area contributed by atoms with Crippen molar-refractivity contribution in [3.8, 4) is 5.69 Å². The Hall–Kier alpha value is -2.34. The van der Waals surface area contributed by atoms with Crippen molar-refractivity contribution >= 4 is 16.9 Å². The van der Waals surface area contributed by atoms with E-state index in [0.29, 0.717) is 12.4 Å². The van der Waals surface area contributed by atoms with Gasteiger partial charge in [0.1, 0.15) is 11.5 Å². The highest BCUT2D eigenvalue weighted by atomic mass is 16.5. The van der Waals surface area contributed by atoms with Crippen LogP contribution in [0.3, 0.4) is 0 Å². The van der Waals surface area contributed by atoms with E-state index in [0.717, 1.165) is 28.0 Å². The molecule has 3 rings (SSSR count). The van der Waals surface area contributed by atoms with Crippen LogP contribution in [-0.2, 0) is 11.3 Å². The number of anilines is 1. The van der Waals surface area contributed by atoms with Gasteiger partial charge in [-0.1, -0.05) is 12.1 Å². The molecule has 0 unspecified atom stereocenters. The molecule has 6 nitrogen and oxygen atoms in total. The summed E-state index contributed by atoms with van der Waals surface area (Å²) in [6, 6.07) is 6.24. The van der Waals surface area contributed by atoms with E-state index in [1.165, 1.54) is 5.56 Å². The van der Waals surface area contributed by atoms with Crippen LogP contribution in [0, 0.1) is 13.8 Å². The third-order valence-electron chi connectivity index (χ3n) is 3.36. The van der Waals surface area contributed by atoms with Crippen molar-refractivity contribution in [2.45, 2.75) is 20.5 Å². The Morgan fingerprint density at radius 1 is 1.35 bits per heavy atom. The molecule has 0 fully saturated rings. The minimum Gasteiger partial charge on any atom is -0.383 e. The van der Waals surface area contributed by atoms with E-state index in [2.05, 4.69) is 40.4 Å². The van der Waals surface area contributed by atoms with Gasteiger partial charge in [-0.25, -0.2) is 4.68 Å². The zero-order valence-corrected chi connectivity index (χ0v) is 11.8. The summed E-state index contributed by atoms with van der Waals surface area (Å²) >= 11 is 0. The van der Waals surface area contributed by atoms with Crippen molar-refractivity contribution in [2.24, 2.45) is 0 Å². The van der Waals surface area contributed by atoms with Gasteiger partial charge in [0.05, 0.1) is 17.7 Å². The second-order valence-electron chi connectivity index (χ2n) is 4.92. The van der Waals surface area contributed by atoms with Gasteiger partial charge in [0.2, 0.25) is 0 Å². The number of nitrogens with one attached hydrogen (secondary N) is 1. The molecule has 0 saturated carbocycles. The molecule has 0 saturated heterocycles. The van der Waals surface area contributed by atoms with E-state index < -0.39 is 0 Å². The lowest BCUT2D eigenvalue weighted by molar-refractivity contribution is 0.182. The van der Waals surface area contributed by atoms with Gasteiger partial charge in [-0.05, 0) is 31.0 Å². The molecular formula is C14H17N5O. The van der Waals surface area contributed by atoms with Crippen molar-refractivity contribution in [1.29, 1.82) is 0 Å². The van der Waals surface area contributed by atoms with Gasteiger partial charge < -0.3 is 10.5 Å². The number of ether oxygens (including phenoxy) is 1. The number of rotatable bonds is 3. The molecule has 2 aromatic heterocycles. The molecule has 1 aromatic carbocycles. The van der Waals surface area contributed by atoms with Crippen LogP contribution in [0.4, 0.5) is 5.82 Å². The van der Waals surface area contributed by atoms with E-state index in [9.17, 15) is 0 Å². The normalized spacial score (nSPS) is 11.3. The molecule has 3 N–H and O–H groups in total. The highest BCUT2D eigenvalue weighted by Crippen LogP contribution is 2.27. The minimum absolute atomic E-state index is 0.401. The van der Waals surface area contributed by atoms with Crippen LogP contribution in [0.25, 0.3) is 16.7 Å². The van der Waals surface area contributed by atoms with Crippen molar-refractivity contribution in [2.75, 3.05) is 12.8 Å². The Labute approximate surface area is 116 Å². The van der Waals surface area contributed by atoms with Crippen LogP contribution in [0.2, 0.25) is 0 Å². The molecular weight excluding hydrogens is 254 g/mol. The zero-order valence-electron chi connectivity index (χ0n) is 11.8. The molecule has 0 spiro atoms. The summed E-state index contributed by atoms with van der Waals surface area (Å²) in [5.41, 5.74) is 10.8. The fourth-order valence-electron chi connectivity index (χ4n) is 2.35. The van der Waals surface area contributed by atoms with Crippen LogP contribution >= 0.6 is 0 Å². The van der Waals surface area contributed by atoms with E-state index in [1.807, 2.05) is 11.6 Å². The first-order valence-electron chi connectivity index (χ1n) is 6.40. The maximum atomic E-state index is 5.94. The fourth-order valence-corrected chi connectivity index (χ4v) is 2.35. The Kier molecular flexibility index (Phi) is 2.94. The minimum atomic E-state index is 0.401. The number of hydrogen-bond acceptors (Lipinski definition) is 4. The van der Waals surface area contributed by atoms with Gasteiger partial charge in [-0.3, -0.25) is 5.10 Å². The number of nitrogens with zero attached hydrogens (tertiary/aromatic N) is 3. The zero-order chi connectivity index (χ0) is 14.3. The Bertz CT molecular complexity index is 771. The van der Waals surface area contributed by atoms with Crippen LogP contribution in [0.5, 0.6) is 0 Å². The largest absolute Gasteiger partial charge is 0.383 e. The number of fused-ring (bicyclic) bond motifs is 1. The number of hydrogen-bond donors (Lipinski definition) is 2. The molecule has 0 aliphatic rings. The summed E-state index contributed by atoms with van der Waals surface area (Å²) < 4.78 is 7.01. The van der Waals surface area contributed by atoms with Crippen molar-refractivity contribution in [3.63, 3.8) is 0 Å². The van der Waals surface area contributed by atoms with Gasteiger partial charge in [0.25, 0.3) is 0 Å². The Morgan fingerprint density at radius 2 is 2.15 bits per heavy atom. The number of benzene rings is 1. The van der Waals surface area contributed by atoms with Crippen LogP contribution in [0.15, 0.2) is 18.2 Å². The highest BCUT2D eigenvalue weighted by Gasteiger charge is 2.18. The highest BCUT2D eigenvalue weighted by molar-refractivity contribution is 5.90. The van der Waals surface area contributed by atoms with Crippen LogP contribution in [-0.4, -0.2) is 27.1 Å². The lowest BCUT2D eigenvalue weighted by atomic mass is 10.1. The van der Waals surface area contributed by atoms with E-state index in [1.54, 1.807) is 7.11 Å². The van der Waals surface area contributed by atoms with E-state index in [4.69, 9.17) is 10.5 Å². The molecule has 104 valence electrons. The third kappa shape index (κ3) is 1.85. The molecule has 0 aliphatic carbocycles. The smallest absolute Gasteiger partial charge is 0.186 e. The summed E-state index contributed by atoms with van der Waals surface area (Å²) in [5.74, 6) is 0.517. The van der Waals surface area contributed by atoms with Crippen molar-refractivity contribution in [1.82, 2.24) is 20.0 Å². The van der Waals surface area contributed by atoms with Gasteiger partial charge in [0, 0.05) is 7.11 Å². The average Bonchev–Trinajstić information content (AvgIpc) is 2.96. The van der Waals surface area contributed by atoms with Gasteiger partial charge in [-0.15, -0.1) is 0 Å². The SMILES string of the molecule is COCc1nn(-c2cc(C)ccc2C)c2n[nH]c(N)c12. The number of aromatic nitrogens is 4. The van der Waals surface area contributed by atoms with E-state index >= 15 is 0 Å². The predicted molar refractivity (Wildman–Crippen MR) is 77.8 cm³/mol. The first-order valence-corrected chi connectivity index (χ1v) is 6.40. The molecule has 3 aromatic rings. The molecule has 0 atom stereocenters. The lowest BCUT2D eigenvalue weighted by Crippen LogP contribution is -2.02. The maximum Gasteiger partial charge on any atom is 0.186 e. The van der Waals surface area contributed by atoms with Gasteiger partial charge >= 0.3 is 0 Å². The first-order chi connectivity index (χ1) is 9.61. The third-order valence-corrected chi connectivity index (χ3v) is 3.36. The standard InChI is InChI=1S/C14H17N5O/c1-8-4-5-9(2)11(6-8)19-14-12(13(15)16-17-14)10(18-19)7-20-3/h4-6H,7H2,1-3H3,(H3,15,16,17). The maximum absolute atomic E-state index is 5.94. The fraction of sp³-hybridized carbons (Fsp3) is 0.286. The predicted octanol–water partition coefficient (Wildman–Crippen LogP) is 2.09. The monoisotopic (exact) mass is 271 g/mol. The molecule has 6 heteroatoms. The Balaban J connectivity index is 2.28. The quantitative estimate of drug-likeness (QED) is 0.764. The number of aryl methyl sites for hydroxylation is 2. The first kappa shape index (κ1) is 12.7. The van der Waals surface area contributed by atoms with Gasteiger partial charge in [-0.2, -0.15) is 10.2 Å². The Morgan fingerprint density at radius 3 is 2.90 bits per heavy atom. The summed E-state index contributed by atoms with van der Waals surface area (Å²) in [6.45, 7) is 4.50. The van der Waals surface area contributed by atoms with Crippen LogP contribution in [0.1, 0.15) is 16.8 Å².